The number of fused-ring (bicyclic) bond motifs is 1. The molecule has 106 valence electrons. The fraction of sp³-hybridized carbons (Fsp3) is 0.188. The van der Waals surface area contributed by atoms with Crippen LogP contribution in [0.15, 0.2) is 48.9 Å². The summed E-state index contributed by atoms with van der Waals surface area (Å²) in [5.74, 6) is 0.761. The van der Waals surface area contributed by atoms with Gasteiger partial charge in [-0.05, 0) is 30.7 Å². The van der Waals surface area contributed by atoms with Gasteiger partial charge in [-0.2, -0.15) is 0 Å². The number of hydrogen-bond donors (Lipinski definition) is 2. The summed E-state index contributed by atoms with van der Waals surface area (Å²) in [6, 6.07) is 10.2. The smallest absolute Gasteiger partial charge is 0.154 e. The fourth-order valence-electron chi connectivity index (χ4n) is 2.16. The molecular formula is C16H17N5. The average molecular weight is 279 g/mol. The van der Waals surface area contributed by atoms with E-state index in [-0.39, 0.29) is 0 Å². The summed E-state index contributed by atoms with van der Waals surface area (Å²) in [6.45, 7) is 3.72. The van der Waals surface area contributed by atoms with Crippen LogP contribution in [0, 0.1) is 0 Å². The monoisotopic (exact) mass is 279 g/mol. The highest BCUT2D eigenvalue weighted by molar-refractivity contribution is 5.84. The summed E-state index contributed by atoms with van der Waals surface area (Å²) < 4.78 is 0. The maximum atomic E-state index is 4.34. The number of aromatic nitrogens is 3. The Morgan fingerprint density at radius 2 is 1.67 bits per heavy atom. The van der Waals surface area contributed by atoms with Gasteiger partial charge in [-0.25, -0.2) is 9.97 Å². The van der Waals surface area contributed by atoms with Crippen LogP contribution in [0.25, 0.3) is 11.0 Å². The third-order valence-electron chi connectivity index (χ3n) is 3.18. The van der Waals surface area contributed by atoms with E-state index >= 15 is 0 Å². The highest BCUT2D eigenvalue weighted by Crippen LogP contribution is 2.17. The van der Waals surface area contributed by atoms with Crippen molar-refractivity contribution < 1.29 is 0 Å². The van der Waals surface area contributed by atoms with E-state index < -0.39 is 0 Å². The zero-order chi connectivity index (χ0) is 14.5. The van der Waals surface area contributed by atoms with Gasteiger partial charge in [-0.1, -0.05) is 12.1 Å². The van der Waals surface area contributed by atoms with Crippen LogP contribution >= 0.6 is 0 Å². The Morgan fingerprint density at radius 1 is 0.857 bits per heavy atom. The summed E-state index contributed by atoms with van der Waals surface area (Å²) in [7, 11) is 0. The Balaban J connectivity index is 1.74. The van der Waals surface area contributed by atoms with Gasteiger partial charge in [0.2, 0.25) is 0 Å². The molecule has 0 fully saturated rings. The van der Waals surface area contributed by atoms with Crippen LogP contribution in [0.3, 0.4) is 0 Å². The first-order chi connectivity index (χ1) is 10.4. The molecule has 21 heavy (non-hydrogen) atoms. The molecule has 0 unspecified atom stereocenters. The second-order valence-corrected chi connectivity index (χ2v) is 4.66. The molecule has 0 atom stereocenters. The third-order valence-corrected chi connectivity index (χ3v) is 3.18. The third kappa shape index (κ3) is 3.08. The number of anilines is 2. The molecule has 0 aliphatic heterocycles. The molecule has 0 aliphatic carbocycles. The standard InChI is InChI=1S/C16H17N5/c1-2-17-13-5-3-12(4-6-13)11-21-16-15-14(7-8-20-16)18-9-10-19-15/h3-10,17H,2,11H2,1H3,(H,20,21). The van der Waals surface area contributed by atoms with Gasteiger partial charge < -0.3 is 10.6 Å². The van der Waals surface area contributed by atoms with Gasteiger partial charge in [-0.15, -0.1) is 0 Å². The van der Waals surface area contributed by atoms with Crippen LogP contribution in [0.5, 0.6) is 0 Å². The lowest BCUT2D eigenvalue weighted by Gasteiger charge is -2.08. The molecule has 5 nitrogen and oxygen atoms in total. The molecule has 0 aliphatic rings. The largest absolute Gasteiger partial charge is 0.385 e. The van der Waals surface area contributed by atoms with Crippen LogP contribution in [-0.2, 0) is 6.54 Å². The van der Waals surface area contributed by atoms with E-state index in [1.54, 1.807) is 18.6 Å². The van der Waals surface area contributed by atoms with Crippen molar-refractivity contribution >= 4 is 22.5 Å². The molecule has 0 saturated carbocycles. The van der Waals surface area contributed by atoms with Crippen molar-refractivity contribution in [3.8, 4) is 0 Å². The molecule has 0 bridgehead atoms. The fourth-order valence-corrected chi connectivity index (χ4v) is 2.16. The van der Waals surface area contributed by atoms with E-state index in [1.807, 2.05) is 6.07 Å². The molecule has 0 amide bonds. The summed E-state index contributed by atoms with van der Waals surface area (Å²) in [4.78, 5) is 13.0. The first-order valence-electron chi connectivity index (χ1n) is 6.99. The van der Waals surface area contributed by atoms with Crippen molar-refractivity contribution in [3.63, 3.8) is 0 Å². The first kappa shape index (κ1) is 13.3. The van der Waals surface area contributed by atoms with Crippen molar-refractivity contribution in [2.75, 3.05) is 17.2 Å². The van der Waals surface area contributed by atoms with Crippen LogP contribution < -0.4 is 10.6 Å². The summed E-state index contributed by atoms with van der Waals surface area (Å²) in [6.07, 6.45) is 5.11. The van der Waals surface area contributed by atoms with Gasteiger partial charge >= 0.3 is 0 Å². The van der Waals surface area contributed by atoms with Gasteiger partial charge in [0.25, 0.3) is 0 Å². The van der Waals surface area contributed by atoms with Gasteiger partial charge in [0.05, 0.1) is 5.52 Å². The molecule has 2 aromatic heterocycles. The van der Waals surface area contributed by atoms with Crippen molar-refractivity contribution in [3.05, 3.63) is 54.5 Å². The molecular weight excluding hydrogens is 262 g/mol. The van der Waals surface area contributed by atoms with E-state index in [0.29, 0.717) is 6.54 Å². The molecule has 1 aromatic carbocycles. The van der Waals surface area contributed by atoms with Crippen molar-refractivity contribution in [1.82, 2.24) is 15.0 Å². The molecule has 3 aromatic rings. The van der Waals surface area contributed by atoms with Gasteiger partial charge in [-0.3, -0.25) is 4.98 Å². The lowest BCUT2D eigenvalue weighted by atomic mass is 10.2. The number of nitrogens with zero attached hydrogens (tertiary/aromatic N) is 3. The normalized spacial score (nSPS) is 10.5. The Bertz CT molecular complexity index is 719. The average Bonchev–Trinajstić information content (AvgIpc) is 2.54. The van der Waals surface area contributed by atoms with Crippen LogP contribution in [-0.4, -0.2) is 21.5 Å². The molecule has 0 radical (unpaired) electrons. The van der Waals surface area contributed by atoms with Crippen LogP contribution in [0.1, 0.15) is 12.5 Å². The summed E-state index contributed by atoms with van der Waals surface area (Å²) >= 11 is 0. The number of hydrogen-bond acceptors (Lipinski definition) is 5. The molecule has 5 heteroatoms. The SMILES string of the molecule is CCNc1ccc(CNc2nccc3nccnc23)cc1. The van der Waals surface area contributed by atoms with Gasteiger partial charge in [0, 0.05) is 37.4 Å². The zero-order valence-corrected chi connectivity index (χ0v) is 11.9. The number of rotatable bonds is 5. The van der Waals surface area contributed by atoms with Gasteiger partial charge in [0.1, 0.15) is 5.52 Å². The second kappa shape index (κ2) is 6.17. The van der Waals surface area contributed by atoms with Crippen LogP contribution in [0.4, 0.5) is 11.5 Å². The van der Waals surface area contributed by atoms with Crippen molar-refractivity contribution in [2.45, 2.75) is 13.5 Å². The first-order valence-corrected chi connectivity index (χ1v) is 6.99. The molecule has 3 rings (SSSR count). The van der Waals surface area contributed by atoms with E-state index in [2.05, 4.69) is 56.8 Å². The number of nitrogens with one attached hydrogen (secondary N) is 2. The minimum atomic E-state index is 0.703. The van der Waals surface area contributed by atoms with E-state index in [4.69, 9.17) is 0 Å². The highest BCUT2D eigenvalue weighted by Gasteiger charge is 2.03. The second-order valence-electron chi connectivity index (χ2n) is 4.66. The maximum absolute atomic E-state index is 4.34. The van der Waals surface area contributed by atoms with E-state index in [9.17, 15) is 0 Å². The van der Waals surface area contributed by atoms with Gasteiger partial charge in [0.15, 0.2) is 5.82 Å². The Morgan fingerprint density at radius 3 is 2.48 bits per heavy atom. The number of pyridine rings is 1. The molecule has 0 saturated heterocycles. The predicted octanol–water partition coefficient (Wildman–Crippen LogP) is 3.07. The van der Waals surface area contributed by atoms with Crippen molar-refractivity contribution in [2.24, 2.45) is 0 Å². The maximum Gasteiger partial charge on any atom is 0.154 e. The lowest BCUT2D eigenvalue weighted by Crippen LogP contribution is -2.03. The van der Waals surface area contributed by atoms with Crippen molar-refractivity contribution in [1.29, 1.82) is 0 Å². The Kier molecular flexibility index (Phi) is 3.91. The summed E-state index contributed by atoms with van der Waals surface area (Å²) in [5.41, 5.74) is 3.97. The predicted molar refractivity (Wildman–Crippen MR) is 85.3 cm³/mol. The number of benzene rings is 1. The lowest BCUT2D eigenvalue weighted by molar-refractivity contribution is 1.11. The molecule has 2 N–H and O–H groups in total. The quantitative estimate of drug-likeness (QED) is 0.751. The van der Waals surface area contributed by atoms with E-state index in [0.717, 1.165) is 29.1 Å². The Hall–Kier alpha value is -2.69. The summed E-state index contributed by atoms with van der Waals surface area (Å²) in [5, 5.41) is 6.60. The molecule has 0 spiro atoms. The zero-order valence-electron chi connectivity index (χ0n) is 11.9. The minimum Gasteiger partial charge on any atom is -0.385 e. The highest BCUT2D eigenvalue weighted by atomic mass is 15.0. The minimum absolute atomic E-state index is 0.703. The van der Waals surface area contributed by atoms with E-state index in [1.165, 1.54) is 5.56 Å². The molecule has 2 heterocycles. The Labute approximate surface area is 123 Å². The topological polar surface area (TPSA) is 62.7 Å². The van der Waals surface area contributed by atoms with Crippen LogP contribution in [0.2, 0.25) is 0 Å².